The number of hydrogen-bond donors (Lipinski definition) is 2. The Morgan fingerprint density at radius 3 is 3.06 bits per heavy atom. The maximum Gasteiger partial charge on any atom is 0.126 e. The van der Waals surface area contributed by atoms with Gasteiger partial charge in [-0.2, -0.15) is 23.5 Å². The predicted octanol–water partition coefficient (Wildman–Crippen LogP) is 2.23. The van der Waals surface area contributed by atoms with Gasteiger partial charge in [0, 0.05) is 29.1 Å². The molecule has 1 aliphatic heterocycles. The number of aromatic nitrogens is 1. The van der Waals surface area contributed by atoms with Crippen molar-refractivity contribution in [1.29, 1.82) is 0 Å². The zero-order valence-electron chi connectivity index (χ0n) is 9.40. The first-order valence-corrected chi connectivity index (χ1v) is 7.62. The summed E-state index contributed by atoms with van der Waals surface area (Å²) in [6.45, 7) is 2.93. The second-order valence-electron chi connectivity index (χ2n) is 3.82. The van der Waals surface area contributed by atoms with Gasteiger partial charge >= 0.3 is 0 Å². The molecule has 1 fully saturated rings. The van der Waals surface area contributed by atoms with Crippen molar-refractivity contribution in [2.75, 3.05) is 34.9 Å². The van der Waals surface area contributed by atoms with Crippen LogP contribution in [0, 0.1) is 6.92 Å². The van der Waals surface area contributed by atoms with Crippen molar-refractivity contribution in [2.24, 2.45) is 0 Å². The fourth-order valence-electron chi connectivity index (χ4n) is 1.54. The van der Waals surface area contributed by atoms with Gasteiger partial charge in [0.25, 0.3) is 0 Å². The van der Waals surface area contributed by atoms with Crippen molar-refractivity contribution < 1.29 is 0 Å². The summed E-state index contributed by atoms with van der Waals surface area (Å²) in [5.74, 6) is 4.74. The zero-order valence-corrected chi connectivity index (χ0v) is 11.0. The van der Waals surface area contributed by atoms with E-state index in [1.165, 1.54) is 17.3 Å². The number of anilines is 2. The number of nitrogens with zero attached hydrogens (tertiary/aromatic N) is 1. The SMILES string of the molecule is Cc1nc(NCC2CSCCS2)ccc1N. The molecule has 1 atom stereocenters. The summed E-state index contributed by atoms with van der Waals surface area (Å²) in [6.07, 6.45) is 0. The van der Waals surface area contributed by atoms with E-state index in [0.29, 0.717) is 5.25 Å². The number of pyridine rings is 1. The molecule has 0 amide bonds. The van der Waals surface area contributed by atoms with E-state index in [1.807, 2.05) is 30.8 Å². The fourth-order valence-corrected chi connectivity index (χ4v) is 4.15. The fraction of sp³-hybridized carbons (Fsp3) is 0.545. The molecule has 0 radical (unpaired) electrons. The molecule has 0 bridgehead atoms. The van der Waals surface area contributed by atoms with Gasteiger partial charge in [-0.05, 0) is 19.1 Å². The van der Waals surface area contributed by atoms with E-state index in [1.54, 1.807) is 0 Å². The van der Waals surface area contributed by atoms with Crippen LogP contribution in [0.2, 0.25) is 0 Å². The number of aryl methyl sites for hydroxylation is 1. The smallest absolute Gasteiger partial charge is 0.126 e. The van der Waals surface area contributed by atoms with Gasteiger partial charge in [-0.15, -0.1) is 0 Å². The first kappa shape index (κ1) is 11.9. The molecule has 1 aromatic heterocycles. The Labute approximate surface area is 105 Å². The molecule has 3 N–H and O–H groups in total. The Morgan fingerprint density at radius 2 is 2.38 bits per heavy atom. The lowest BCUT2D eigenvalue weighted by Gasteiger charge is -2.21. The number of rotatable bonds is 3. The van der Waals surface area contributed by atoms with Gasteiger partial charge in [0.1, 0.15) is 5.82 Å². The summed E-state index contributed by atoms with van der Waals surface area (Å²) in [6, 6.07) is 3.86. The summed E-state index contributed by atoms with van der Waals surface area (Å²) in [7, 11) is 0. The highest BCUT2D eigenvalue weighted by Crippen LogP contribution is 2.24. The monoisotopic (exact) mass is 255 g/mol. The molecular weight excluding hydrogens is 238 g/mol. The summed E-state index contributed by atoms with van der Waals surface area (Å²) >= 11 is 4.10. The Morgan fingerprint density at radius 1 is 1.50 bits per heavy atom. The predicted molar refractivity (Wildman–Crippen MR) is 75.4 cm³/mol. The Bertz CT molecular complexity index is 351. The molecule has 0 aromatic carbocycles. The van der Waals surface area contributed by atoms with Gasteiger partial charge in [0.2, 0.25) is 0 Å². The minimum Gasteiger partial charge on any atom is -0.397 e. The van der Waals surface area contributed by atoms with Crippen LogP contribution in [0.4, 0.5) is 11.5 Å². The third-order valence-electron chi connectivity index (χ3n) is 2.52. The third kappa shape index (κ3) is 3.22. The van der Waals surface area contributed by atoms with Crippen molar-refractivity contribution in [1.82, 2.24) is 4.98 Å². The lowest BCUT2D eigenvalue weighted by molar-refractivity contribution is 0.989. The maximum atomic E-state index is 5.73. The van der Waals surface area contributed by atoms with Gasteiger partial charge in [-0.25, -0.2) is 4.98 Å². The van der Waals surface area contributed by atoms with E-state index in [-0.39, 0.29) is 0 Å². The Hall–Kier alpha value is -0.550. The largest absolute Gasteiger partial charge is 0.397 e. The first-order chi connectivity index (χ1) is 7.75. The second kappa shape index (κ2) is 5.68. The standard InChI is InChI=1S/C11H17N3S2/c1-8-10(12)2-3-11(14-8)13-6-9-7-15-4-5-16-9/h2-3,9H,4-7,12H2,1H3,(H,13,14). The molecule has 1 saturated heterocycles. The van der Waals surface area contributed by atoms with Crippen LogP contribution >= 0.6 is 23.5 Å². The van der Waals surface area contributed by atoms with E-state index in [9.17, 15) is 0 Å². The van der Waals surface area contributed by atoms with Crippen LogP contribution in [0.1, 0.15) is 5.69 Å². The van der Waals surface area contributed by atoms with E-state index >= 15 is 0 Å². The highest BCUT2D eigenvalue weighted by Gasteiger charge is 2.13. The summed E-state index contributed by atoms with van der Waals surface area (Å²) in [5, 5.41) is 4.09. The normalized spacial score (nSPS) is 20.7. The lowest BCUT2D eigenvalue weighted by atomic mass is 10.3. The molecule has 0 saturated carbocycles. The highest BCUT2D eigenvalue weighted by molar-refractivity contribution is 8.06. The summed E-state index contributed by atoms with van der Waals surface area (Å²) in [5.41, 5.74) is 7.39. The molecule has 1 unspecified atom stereocenters. The van der Waals surface area contributed by atoms with Crippen molar-refractivity contribution in [3.05, 3.63) is 17.8 Å². The molecule has 16 heavy (non-hydrogen) atoms. The van der Waals surface area contributed by atoms with Gasteiger partial charge in [-0.1, -0.05) is 0 Å². The average molecular weight is 255 g/mol. The van der Waals surface area contributed by atoms with Crippen molar-refractivity contribution in [3.8, 4) is 0 Å². The minimum absolute atomic E-state index is 0.707. The molecule has 0 spiro atoms. The highest BCUT2D eigenvalue weighted by atomic mass is 32.2. The second-order valence-corrected chi connectivity index (χ2v) is 6.38. The number of hydrogen-bond acceptors (Lipinski definition) is 5. The summed E-state index contributed by atoms with van der Waals surface area (Å²) in [4.78, 5) is 4.40. The average Bonchev–Trinajstić information content (AvgIpc) is 2.32. The molecular formula is C11H17N3S2. The van der Waals surface area contributed by atoms with Crippen LogP contribution in [0.25, 0.3) is 0 Å². The maximum absolute atomic E-state index is 5.73. The van der Waals surface area contributed by atoms with Gasteiger partial charge < -0.3 is 11.1 Å². The summed E-state index contributed by atoms with van der Waals surface area (Å²) < 4.78 is 0. The molecule has 3 nitrogen and oxygen atoms in total. The molecule has 88 valence electrons. The van der Waals surface area contributed by atoms with Crippen molar-refractivity contribution in [3.63, 3.8) is 0 Å². The van der Waals surface area contributed by atoms with Gasteiger partial charge in [0.05, 0.1) is 11.4 Å². The zero-order chi connectivity index (χ0) is 11.4. The first-order valence-electron chi connectivity index (χ1n) is 5.42. The van der Waals surface area contributed by atoms with Crippen LogP contribution in [0.3, 0.4) is 0 Å². The van der Waals surface area contributed by atoms with E-state index < -0.39 is 0 Å². The number of nitrogens with one attached hydrogen (secondary N) is 1. The van der Waals surface area contributed by atoms with E-state index in [4.69, 9.17) is 5.73 Å². The molecule has 1 aliphatic rings. The molecule has 5 heteroatoms. The van der Waals surface area contributed by atoms with Gasteiger partial charge in [0.15, 0.2) is 0 Å². The molecule has 2 heterocycles. The topological polar surface area (TPSA) is 50.9 Å². The Balaban J connectivity index is 1.86. The Kier molecular flexibility index (Phi) is 4.23. The third-order valence-corrected chi connectivity index (χ3v) is 5.37. The van der Waals surface area contributed by atoms with Crippen molar-refractivity contribution >= 4 is 35.0 Å². The van der Waals surface area contributed by atoms with E-state index in [2.05, 4.69) is 22.1 Å². The van der Waals surface area contributed by atoms with Crippen LogP contribution in [0.5, 0.6) is 0 Å². The molecule has 0 aliphatic carbocycles. The van der Waals surface area contributed by atoms with Crippen LogP contribution in [-0.2, 0) is 0 Å². The van der Waals surface area contributed by atoms with Crippen molar-refractivity contribution in [2.45, 2.75) is 12.2 Å². The van der Waals surface area contributed by atoms with Crippen LogP contribution in [0.15, 0.2) is 12.1 Å². The number of thioether (sulfide) groups is 2. The lowest BCUT2D eigenvalue weighted by Crippen LogP contribution is -2.23. The van der Waals surface area contributed by atoms with Gasteiger partial charge in [-0.3, -0.25) is 0 Å². The number of nitrogens with two attached hydrogens (primary N) is 1. The molecule has 2 rings (SSSR count). The minimum atomic E-state index is 0.707. The van der Waals surface area contributed by atoms with E-state index in [0.717, 1.165) is 23.7 Å². The quantitative estimate of drug-likeness (QED) is 0.867. The number of nitrogen functional groups attached to an aromatic ring is 1. The molecule has 1 aromatic rings. The van der Waals surface area contributed by atoms with Crippen LogP contribution in [-0.4, -0.2) is 34.0 Å². The van der Waals surface area contributed by atoms with Crippen LogP contribution < -0.4 is 11.1 Å².